The van der Waals surface area contributed by atoms with Crippen molar-refractivity contribution >= 4 is 28.7 Å². The van der Waals surface area contributed by atoms with Gasteiger partial charge in [-0.2, -0.15) is 0 Å². The number of amides is 1. The topological polar surface area (TPSA) is 60.3 Å². The maximum Gasteiger partial charge on any atom is 0.225 e. The molecule has 3 heterocycles. The normalized spacial score (nSPS) is 16.2. The van der Waals surface area contributed by atoms with Crippen LogP contribution < -0.4 is 4.74 Å². The van der Waals surface area contributed by atoms with Gasteiger partial charge < -0.3 is 14.2 Å². The minimum absolute atomic E-state index is 0.222. The number of likely N-dealkylation sites (tertiary alicyclic amines) is 1. The quantitative estimate of drug-likeness (QED) is 0.239. The van der Waals surface area contributed by atoms with Crippen LogP contribution in [0.1, 0.15) is 47.0 Å². The highest BCUT2D eigenvalue weighted by atomic mass is 35.5. The molecule has 8 heteroatoms. The highest BCUT2D eigenvalue weighted by Crippen LogP contribution is 2.34. The molecular weight excluding hydrogens is 527 g/mol. The van der Waals surface area contributed by atoms with Crippen molar-refractivity contribution in [3.8, 4) is 28.3 Å². The zero-order chi connectivity index (χ0) is 28.8. The number of halogens is 2. The van der Waals surface area contributed by atoms with Gasteiger partial charge in [0.1, 0.15) is 11.3 Å². The molecule has 4 aromatic rings. The molecule has 212 valence electrons. The standard InChI is InChI=1S/C28H26ClFN4O2.2C2H6/c1-36-25-9-8-21(12-23(25)30)18-2-4-19(5-3-18)26-32-24-13-22(29)14-31-27(24)34(26)16-17-10-11-33(15-17)28(35)20-6-7-20;2*1-2/h2-5,8-9,12-14,17,20H,6-7,10-11,15-16H2,1H3;2*1-2H3. The molecule has 6 rings (SSSR count). The molecule has 40 heavy (non-hydrogen) atoms. The summed E-state index contributed by atoms with van der Waals surface area (Å²) in [6, 6.07) is 14.7. The van der Waals surface area contributed by atoms with Gasteiger partial charge in [-0.25, -0.2) is 14.4 Å². The van der Waals surface area contributed by atoms with Crippen LogP contribution >= 0.6 is 11.6 Å². The largest absolute Gasteiger partial charge is 0.494 e. The third kappa shape index (κ3) is 6.30. The number of imidazole rings is 1. The average Bonchev–Trinajstić information content (AvgIpc) is 3.65. The third-order valence-electron chi connectivity index (χ3n) is 7.14. The number of ether oxygens (including phenoxy) is 1. The molecule has 0 bridgehead atoms. The summed E-state index contributed by atoms with van der Waals surface area (Å²) < 4.78 is 21.4. The zero-order valence-corrected chi connectivity index (χ0v) is 24.7. The summed E-state index contributed by atoms with van der Waals surface area (Å²) in [5.41, 5.74) is 4.12. The van der Waals surface area contributed by atoms with Crippen molar-refractivity contribution < 1.29 is 13.9 Å². The Labute approximate surface area is 241 Å². The zero-order valence-electron chi connectivity index (χ0n) is 24.0. The van der Waals surface area contributed by atoms with E-state index in [1.54, 1.807) is 12.3 Å². The molecular formula is C32H38ClFN4O2. The van der Waals surface area contributed by atoms with Crippen LogP contribution in [0.3, 0.4) is 0 Å². The van der Waals surface area contributed by atoms with E-state index in [4.69, 9.17) is 21.3 Å². The molecule has 2 aromatic carbocycles. The van der Waals surface area contributed by atoms with Crippen LogP contribution in [0.5, 0.6) is 5.75 Å². The molecule has 1 unspecified atom stereocenters. The van der Waals surface area contributed by atoms with Gasteiger partial charge in [-0.15, -0.1) is 0 Å². The number of nitrogens with zero attached hydrogens (tertiary/aromatic N) is 4. The van der Waals surface area contributed by atoms with Crippen LogP contribution in [0.2, 0.25) is 5.02 Å². The van der Waals surface area contributed by atoms with E-state index in [0.29, 0.717) is 16.8 Å². The second kappa shape index (κ2) is 13.3. The lowest BCUT2D eigenvalue weighted by Crippen LogP contribution is -2.30. The van der Waals surface area contributed by atoms with Gasteiger partial charge in [-0.1, -0.05) is 69.6 Å². The molecule has 2 aliphatic rings. The average molecular weight is 565 g/mol. The minimum atomic E-state index is -0.394. The molecule has 1 aliphatic carbocycles. The van der Waals surface area contributed by atoms with Crippen LogP contribution in [-0.2, 0) is 11.3 Å². The number of hydrogen-bond acceptors (Lipinski definition) is 4. The summed E-state index contributed by atoms with van der Waals surface area (Å²) in [6.07, 6.45) is 4.66. The Kier molecular flexibility index (Phi) is 9.80. The Morgan fingerprint density at radius 3 is 2.33 bits per heavy atom. The first-order chi connectivity index (χ1) is 19.5. The van der Waals surface area contributed by atoms with Crippen molar-refractivity contribution in [2.24, 2.45) is 11.8 Å². The van der Waals surface area contributed by atoms with Crippen LogP contribution in [0.25, 0.3) is 33.7 Å². The van der Waals surface area contributed by atoms with E-state index in [1.165, 1.54) is 13.2 Å². The molecule has 6 nitrogen and oxygen atoms in total. The van der Waals surface area contributed by atoms with Crippen molar-refractivity contribution in [2.75, 3.05) is 20.2 Å². The van der Waals surface area contributed by atoms with E-state index in [-0.39, 0.29) is 11.7 Å². The van der Waals surface area contributed by atoms with Gasteiger partial charge in [0.05, 0.1) is 12.1 Å². The maximum absolute atomic E-state index is 14.2. The highest BCUT2D eigenvalue weighted by molar-refractivity contribution is 6.31. The molecule has 0 N–H and O–H groups in total. The molecule has 1 aliphatic heterocycles. The molecule has 0 radical (unpaired) electrons. The van der Waals surface area contributed by atoms with Gasteiger partial charge >= 0.3 is 0 Å². The SMILES string of the molecule is CC.CC.COc1ccc(-c2ccc(-c3nc4cc(Cl)cnc4n3CC3CCN(C(=O)C4CC4)C3)cc2)cc1F. The van der Waals surface area contributed by atoms with Gasteiger partial charge in [0.15, 0.2) is 17.2 Å². The number of methoxy groups -OCH3 is 1. The fourth-order valence-corrected chi connectivity index (χ4v) is 5.22. The Hall–Kier alpha value is -3.45. The lowest BCUT2D eigenvalue weighted by molar-refractivity contribution is -0.131. The number of carbonyl (C=O) groups excluding carboxylic acids is 1. The van der Waals surface area contributed by atoms with Crippen LogP contribution in [-0.4, -0.2) is 45.5 Å². The number of pyridine rings is 1. The van der Waals surface area contributed by atoms with Gasteiger partial charge in [0.25, 0.3) is 0 Å². The van der Waals surface area contributed by atoms with E-state index in [2.05, 4.69) is 9.55 Å². The number of hydrogen-bond donors (Lipinski definition) is 0. The molecule has 1 amide bonds. The summed E-state index contributed by atoms with van der Waals surface area (Å²) in [7, 11) is 1.45. The summed E-state index contributed by atoms with van der Waals surface area (Å²) >= 11 is 6.21. The molecule has 2 aromatic heterocycles. The van der Waals surface area contributed by atoms with Crippen LogP contribution in [0.4, 0.5) is 4.39 Å². The molecule has 2 fully saturated rings. The van der Waals surface area contributed by atoms with E-state index < -0.39 is 5.82 Å². The summed E-state index contributed by atoms with van der Waals surface area (Å²) in [6.45, 7) is 10.3. The number of rotatable bonds is 6. The lowest BCUT2D eigenvalue weighted by atomic mass is 10.0. The lowest BCUT2D eigenvalue weighted by Gasteiger charge is -2.17. The maximum atomic E-state index is 14.2. The van der Waals surface area contributed by atoms with Gasteiger partial charge in [-0.3, -0.25) is 4.79 Å². The molecule has 1 saturated heterocycles. The van der Waals surface area contributed by atoms with Gasteiger partial charge in [0, 0.05) is 37.3 Å². The van der Waals surface area contributed by atoms with Crippen molar-refractivity contribution in [2.45, 2.75) is 53.5 Å². The summed E-state index contributed by atoms with van der Waals surface area (Å²) in [4.78, 5) is 24.0. The van der Waals surface area contributed by atoms with Gasteiger partial charge in [-0.05, 0) is 54.5 Å². The second-order valence-corrected chi connectivity index (χ2v) is 10.1. The Morgan fingerprint density at radius 2 is 1.68 bits per heavy atom. The molecule has 1 saturated carbocycles. The van der Waals surface area contributed by atoms with E-state index >= 15 is 0 Å². The smallest absolute Gasteiger partial charge is 0.225 e. The van der Waals surface area contributed by atoms with Crippen molar-refractivity contribution in [1.82, 2.24) is 19.4 Å². The predicted octanol–water partition coefficient (Wildman–Crippen LogP) is 7.88. The summed E-state index contributed by atoms with van der Waals surface area (Å²) in [5.74, 6) is 1.52. The minimum Gasteiger partial charge on any atom is -0.494 e. The highest BCUT2D eigenvalue weighted by Gasteiger charge is 2.37. The van der Waals surface area contributed by atoms with Crippen molar-refractivity contribution in [3.05, 3.63) is 65.6 Å². The molecule has 1 atom stereocenters. The Bertz CT molecular complexity index is 1450. The van der Waals surface area contributed by atoms with E-state index in [1.807, 2.05) is 69.0 Å². The van der Waals surface area contributed by atoms with E-state index in [9.17, 15) is 9.18 Å². The number of carbonyl (C=O) groups is 1. The Morgan fingerprint density at radius 1 is 1.00 bits per heavy atom. The van der Waals surface area contributed by atoms with Gasteiger partial charge in [0.2, 0.25) is 5.91 Å². The van der Waals surface area contributed by atoms with Crippen LogP contribution in [0.15, 0.2) is 54.7 Å². The first-order valence-corrected chi connectivity index (χ1v) is 14.6. The second-order valence-electron chi connectivity index (χ2n) is 9.68. The number of aromatic nitrogens is 3. The predicted molar refractivity (Wildman–Crippen MR) is 160 cm³/mol. The van der Waals surface area contributed by atoms with E-state index in [0.717, 1.165) is 72.6 Å². The van der Waals surface area contributed by atoms with Crippen molar-refractivity contribution in [3.63, 3.8) is 0 Å². The first kappa shape index (κ1) is 29.5. The van der Waals surface area contributed by atoms with Crippen LogP contribution in [0, 0.1) is 17.7 Å². The van der Waals surface area contributed by atoms with Crippen molar-refractivity contribution in [1.29, 1.82) is 0 Å². The fraction of sp³-hybridized carbons (Fsp3) is 0.406. The first-order valence-electron chi connectivity index (χ1n) is 14.2. The number of fused-ring (bicyclic) bond motifs is 1. The fourth-order valence-electron chi connectivity index (χ4n) is 5.07. The molecule has 0 spiro atoms. The third-order valence-corrected chi connectivity index (χ3v) is 7.35. The number of benzene rings is 2. The Balaban J connectivity index is 0.000000886. The monoisotopic (exact) mass is 564 g/mol. The summed E-state index contributed by atoms with van der Waals surface area (Å²) in [5, 5.41) is 0.539.